The molecular weight excluding hydrogens is 294 g/mol. The van der Waals surface area contributed by atoms with E-state index in [2.05, 4.69) is 5.32 Å². The molecule has 1 aliphatic rings. The first-order valence-electron chi connectivity index (χ1n) is 7.87. The molecule has 1 aliphatic heterocycles. The van der Waals surface area contributed by atoms with Gasteiger partial charge in [-0.2, -0.15) is 0 Å². The molecule has 0 spiro atoms. The van der Waals surface area contributed by atoms with Crippen molar-refractivity contribution in [2.45, 2.75) is 33.1 Å². The minimum absolute atomic E-state index is 0.0959. The second kappa shape index (κ2) is 7.26. The van der Waals surface area contributed by atoms with Crippen molar-refractivity contribution in [3.63, 3.8) is 0 Å². The van der Waals surface area contributed by atoms with E-state index in [0.29, 0.717) is 6.42 Å². The van der Waals surface area contributed by atoms with Crippen LogP contribution in [-0.4, -0.2) is 47.8 Å². The molecule has 4 amide bonds. The molecular formula is C17H23N3O3. The molecule has 1 heterocycles. The number of hydrogen-bond donors (Lipinski definition) is 1. The second-order valence-corrected chi connectivity index (χ2v) is 5.80. The standard InChI is InChI=1S/C17H23N3O3/c1-4-13-8-5-7-12(2)16(13)18-14(21)9-6-10-20-15(22)11-19(3)17(20)23/h5,7-8H,4,6,9-11H2,1-3H3,(H,18,21). The number of rotatable bonds is 6. The Kier molecular flexibility index (Phi) is 5.36. The molecule has 1 N–H and O–H groups in total. The number of nitrogens with zero attached hydrogens (tertiary/aromatic N) is 2. The SMILES string of the molecule is CCc1cccc(C)c1NC(=O)CCCN1C(=O)CN(C)C1=O. The van der Waals surface area contributed by atoms with E-state index in [1.54, 1.807) is 7.05 Å². The number of carbonyl (C=O) groups is 3. The number of likely N-dealkylation sites (N-methyl/N-ethyl adjacent to an activating group) is 1. The molecule has 0 saturated carbocycles. The minimum Gasteiger partial charge on any atom is -0.326 e. The number of imide groups is 1. The van der Waals surface area contributed by atoms with Gasteiger partial charge in [0.2, 0.25) is 11.8 Å². The molecule has 1 saturated heterocycles. The molecule has 0 atom stereocenters. The predicted octanol–water partition coefficient (Wildman–Crippen LogP) is 2.17. The van der Waals surface area contributed by atoms with E-state index in [-0.39, 0.29) is 37.4 Å². The average Bonchev–Trinajstić information content (AvgIpc) is 2.75. The number of nitrogens with one attached hydrogen (secondary N) is 1. The number of para-hydroxylation sites is 1. The van der Waals surface area contributed by atoms with Crippen LogP contribution in [0.1, 0.15) is 30.9 Å². The summed E-state index contributed by atoms with van der Waals surface area (Å²) in [7, 11) is 1.59. The van der Waals surface area contributed by atoms with Crippen molar-refractivity contribution in [3.05, 3.63) is 29.3 Å². The third kappa shape index (κ3) is 3.88. The van der Waals surface area contributed by atoms with Crippen LogP contribution in [0.15, 0.2) is 18.2 Å². The van der Waals surface area contributed by atoms with Crippen LogP contribution in [0.2, 0.25) is 0 Å². The Bertz CT molecular complexity index is 628. The smallest absolute Gasteiger partial charge is 0.326 e. The fourth-order valence-corrected chi connectivity index (χ4v) is 2.69. The number of benzene rings is 1. The summed E-state index contributed by atoms with van der Waals surface area (Å²) in [4.78, 5) is 38.1. The molecule has 0 radical (unpaired) electrons. The van der Waals surface area contributed by atoms with E-state index in [4.69, 9.17) is 0 Å². The molecule has 2 rings (SSSR count). The Hall–Kier alpha value is -2.37. The summed E-state index contributed by atoms with van der Waals surface area (Å²) < 4.78 is 0. The summed E-state index contributed by atoms with van der Waals surface area (Å²) in [6.07, 6.45) is 1.59. The zero-order valence-corrected chi connectivity index (χ0v) is 13.9. The molecule has 6 nitrogen and oxygen atoms in total. The molecule has 1 aromatic carbocycles. The van der Waals surface area contributed by atoms with Crippen molar-refractivity contribution in [2.75, 3.05) is 25.5 Å². The first-order chi connectivity index (χ1) is 10.9. The summed E-state index contributed by atoms with van der Waals surface area (Å²) >= 11 is 0. The van der Waals surface area contributed by atoms with Crippen LogP contribution in [0.4, 0.5) is 10.5 Å². The maximum atomic E-state index is 12.1. The van der Waals surface area contributed by atoms with Gasteiger partial charge in [0.1, 0.15) is 6.54 Å². The van der Waals surface area contributed by atoms with Gasteiger partial charge in [-0.15, -0.1) is 0 Å². The van der Waals surface area contributed by atoms with Crippen LogP contribution >= 0.6 is 0 Å². The lowest BCUT2D eigenvalue weighted by molar-refractivity contribution is -0.125. The highest BCUT2D eigenvalue weighted by Crippen LogP contribution is 2.21. The first-order valence-corrected chi connectivity index (χ1v) is 7.87. The van der Waals surface area contributed by atoms with Gasteiger partial charge in [-0.3, -0.25) is 14.5 Å². The zero-order valence-electron chi connectivity index (χ0n) is 13.9. The Balaban J connectivity index is 1.87. The van der Waals surface area contributed by atoms with Crippen LogP contribution in [0.3, 0.4) is 0 Å². The van der Waals surface area contributed by atoms with Crippen LogP contribution in [0.5, 0.6) is 0 Å². The van der Waals surface area contributed by atoms with Gasteiger partial charge in [-0.05, 0) is 30.9 Å². The van der Waals surface area contributed by atoms with Crippen molar-refractivity contribution in [3.8, 4) is 0 Å². The lowest BCUT2D eigenvalue weighted by Crippen LogP contribution is -2.33. The molecule has 0 aliphatic carbocycles. The fourth-order valence-electron chi connectivity index (χ4n) is 2.69. The number of hydrogen-bond acceptors (Lipinski definition) is 3. The third-order valence-electron chi connectivity index (χ3n) is 4.02. The minimum atomic E-state index is -0.289. The van der Waals surface area contributed by atoms with Gasteiger partial charge in [0.05, 0.1) is 0 Å². The highest BCUT2D eigenvalue weighted by atomic mass is 16.2. The van der Waals surface area contributed by atoms with Gasteiger partial charge in [0, 0.05) is 25.7 Å². The highest BCUT2D eigenvalue weighted by Gasteiger charge is 2.32. The fraction of sp³-hybridized carbons (Fsp3) is 0.471. The molecule has 1 fully saturated rings. The number of amides is 4. The van der Waals surface area contributed by atoms with E-state index < -0.39 is 0 Å². The molecule has 124 valence electrons. The molecule has 23 heavy (non-hydrogen) atoms. The van der Waals surface area contributed by atoms with Gasteiger partial charge in [0.15, 0.2) is 0 Å². The maximum Gasteiger partial charge on any atom is 0.326 e. The van der Waals surface area contributed by atoms with Crippen LogP contribution in [0, 0.1) is 6.92 Å². The van der Waals surface area contributed by atoms with Crippen molar-refractivity contribution in [1.82, 2.24) is 9.80 Å². The highest BCUT2D eigenvalue weighted by molar-refractivity contribution is 6.01. The topological polar surface area (TPSA) is 69.7 Å². The van der Waals surface area contributed by atoms with E-state index in [9.17, 15) is 14.4 Å². The van der Waals surface area contributed by atoms with Crippen LogP contribution in [-0.2, 0) is 16.0 Å². The quantitative estimate of drug-likeness (QED) is 0.818. The average molecular weight is 317 g/mol. The normalized spacial score (nSPS) is 14.6. The Morgan fingerprint density at radius 3 is 2.65 bits per heavy atom. The first kappa shape index (κ1) is 17.0. The van der Waals surface area contributed by atoms with E-state index >= 15 is 0 Å². The van der Waals surface area contributed by atoms with Gasteiger partial charge in [-0.25, -0.2) is 4.79 Å². The maximum absolute atomic E-state index is 12.1. The largest absolute Gasteiger partial charge is 0.326 e. The predicted molar refractivity (Wildman–Crippen MR) is 88.2 cm³/mol. The summed E-state index contributed by atoms with van der Waals surface area (Å²) in [6.45, 7) is 4.41. The van der Waals surface area contributed by atoms with Crippen molar-refractivity contribution >= 4 is 23.5 Å². The monoisotopic (exact) mass is 317 g/mol. The number of carbonyl (C=O) groups excluding carboxylic acids is 3. The number of anilines is 1. The van der Waals surface area contributed by atoms with Crippen LogP contribution in [0.25, 0.3) is 0 Å². The Morgan fingerprint density at radius 2 is 2.04 bits per heavy atom. The van der Waals surface area contributed by atoms with Gasteiger partial charge in [0.25, 0.3) is 0 Å². The van der Waals surface area contributed by atoms with E-state index in [1.165, 1.54) is 9.80 Å². The molecule has 1 aromatic rings. The lowest BCUT2D eigenvalue weighted by atomic mass is 10.1. The van der Waals surface area contributed by atoms with Gasteiger partial charge in [-0.1, -0.05) is 25.1 Å². The summed E-state index contributed by atoms with van der Waals surface area (Å²) in [5, 5.41) is 2.95. The lowest BCUT2D eigenvalue weighted by Gasteiger charge is -2.15. The second-order valence-electron chi connectivity index (χ2n) is 5.80. The molecule has 0 aromatic heterocycles. The summed E-state index contributed by atoms with van der Waals surface area (Å²) in [5.41, 5.74) is 3.00. The Morgan fingerprint density at radius 1 is 1.30 bits per heavy atom. The van der Waals surface area contributed by atoms with Crippen molar-refractivity contribution in [1.29, 1.82) is 0 Å². The third-order valence-corrected chi connectivity index (χ3v) is 4.02. The van der Waals surface area contributed by atoms with E-state index in [0.717, 1.165) is 23.2 Å². The molecule has 0 unspecified atom stereocenters. The van der Waals surface area contributed by atoms with Gasteiger partial charge >= 0.3 is 6.03 Å². The molecule has 6 heteroatoms. The number of aryl methyl sites for hydroxylation is 2. The summed E-state index contributed by atoms with van der Waals surface area (Å²) in [6, 6.07) is 5.65. The summed E-state index contributed by atoms with van der Waals surface area (Å²) in [5.74, 6) is -0.300. The van der Waals surface area contributed by atoms with Crippen molar-refractivity contribution in [2.24, 2.45) is 0 Å². The molecule has 0 bridgehead atoms. The van der Waals surface area contributed by atoms with Crippen LogP contribution < -0.4 is 5.32 Å². The van der Waals surface area contributed by atoms with E-state index in [1.807, 2.05) is 32.0 Å². The van der Waals surface area contributed by atoms with Gasteiger partial charge < -0.3 is 10.2 Å². The van der Waals surface area contributed by atoms with Crippen molar-refractivity contribution < 1.29 is 14.4 Å². The number of urea groups is 1. The zero-order chi connectivity index (χ0) is 17.0. The Labute approximate surface area is 136 Å².